The Kier molecular flexibility index (Phi) is 7.76. The Morgan fingerprint density at radius 1 is 1.17 bits per heavy atom. The molecule has 0 bridgehead atoms. The third kappa shape index (κ3) is 6.54. The number of amides is 1. The Labute approximate surface area is 182 Å². The van der Waals surface area contributed by atoms with Gasteiger partial charge in [0, 0.05) is 18.0 Å². The standard InChI is InChI=1S/C24H27N3O2S/c1-18-26-21(17-30-18)16-29-22-12-9-19(10-13-22)11-14-24(28)25-15-23(27(2)3)20-7-5-4-6-8-20/h4-14,17,23H,15-16H2,1-3H3,(H,25,28)/b14-11+. The number of thiazole rings is 1. The molecule has 1 atom stereocenters. The first kappa shape index (κ1) is 21.7. The first-order chi connectivity index (χ1) is 14.5. The predicted molar refractivity (Wildman–Crippen MR) is 123 cm³/mol. The van der Waals surface area contributed by atoms with Crippen LogP contribution in [0.25, 0.3) is 6.08 Å². The maximum absolute atomic E-state index is 12.3. The molecule has 1 N–H and O–H groups in total. The van der Waals surface area contributed by atoms with Gasteiger partial charge in [0.2, 0.25) is 5.91 Å². The quantitative estimate of drug-likeness (QED) is 0.518. The highest BCUT2D eigenvalue weighted by molar-refractivity contribution is 7.09. The summed E-state index contributed by atoms with van der Waals surface area (Å²) in [7, 11) is 4.03. The van der Waals surface area contributed by atoms with Crippen molar-refractivity contribution in [3.8, 4) is 5.75 Å². The van der Waals surface area contributed by atoms with Gasteiger partial charge in [0.25, 0.3) is 0 Å². The number of rotatable bonds is 9. The number of carbonyl (C=O) groups excluding carboxylic acids is 1. The minimum absolute atomic E-state index is 0.114. The lowest BCUT2D eigenvalue weighted by Gasteiger charge is -2.24. The summed E-state index contributed by atoms with van der Waals surface area (Å²) in [6.45, 7) is 2.98. The number of aromatic nitrogens is 1. The summed E-state index contributed by atoms with van der Waals surface area (Å²) in [4.78, 5) is 18.7. The maximum Gasteiger partial charge on any atom is 0.244 e. The summed E-state index contributed by atoms with van der Waals surface area (Å²) in [6.07, 6.45) is 3.36. The second-order valence-corrected chi connectivity index (χ2v) is 8.25. The van der Waals surface area contributed by atoms with Gasteiger partial charge in [-0.3, -0.25) is 4.79 Å². The van der Waals surface area contributed by atoms with Crippen molar-refractivity contribution >= 4 is 23.3 Å². The van der Waals surface area contributed by atoms with E-state index < -0.39 is 0 Å². The number of hydrogen-bond donors (Lipinski definition) is 1. The minimum Gasteiger partial charge on any atom is -0.487 e. The van der Waals surface area contributed by atoms with Crippen molar-refractivity contribution in [2.75, 3.05) is 20.6 Å². The number of hydrogen-bond acceptors (Lipinski definition) is 5. The average Bonchev–Trinajstić information content (AvgIpc) is 3.17. The van der Waals surface area contributed by atoms with E-state index in [2.05, 4.69) is 27.3 Å². The Morgan fingerprint density at radius 3 is 2.53 bits per heavy atom. The van der Waals surface area contributed by atoms with Crippen LogP contribution in [0.2, 0.25) is 0 Å². The molecular formula is C24H27N3O2S. The average molecular weight is 422 g/mol. The number of likely N-dealkylation sites (N-methyl/N-ethyl adjacent to an activating group) is 1. The van der Waals surface area contributed by atoms with Gasteiger partial charge in [-0.25, -0.2) is 4.98 Å². The van der Waals surface area contributed by atoms with Crippen molar-refractivity contribution in [2.45, 2.75) is 19.6 Å². The molecule has 0 fully saturated rings. The van der Waals surface area contributed by atoms with Crippen LogP contribution in [0.3, 0.4) is 0 Å². The summed E-state index contributed by atoms with van der Waals surface area (Å²) < 4.78 is 5.75. The van der Waals surface area contributed by atoms with Crippen molar-refractivity contribution in [3.63, 3.8) is 0 Å². The number of ether oxygens (including phenoxy) is 1. The Bertz CT molecular complexity index is 966. The van der Waals surface area contributed by atoms with Gasteiger partial charge < -0.3 is 15.0 Å². The zero-order chi connectivity index (χ0) is 21.3. The van der Waals surface area contributed by atoms with Gasteiger partial charge >= 0.3 is 0 Å². The van der Waals surface area contributed by atoms with Crippen molar-refractivity contribution in [2.24, 2.45) is 0 Å². The largest absolute Gasteiger partial charge is 0.487 e. The topological polar surface area (TPSA) is 54.5 Å². The fourth-order valence-electron chi connectivity index (χ4n) is 3.01. The molecule has 0 aliphatic heterocycles. The fourth-order valence-corrected chi connectivity index (χ4v) is 3.61. The fraction of sp³-hybridized carbons (Fsp3) is 0.250. The molecule has 0 saturated heterocycles. The number of nitrogens with zero attached hydrogens (tertiary/aromatic N) is 2. The van der Waals surface area contributed by atoms with Gasteiger partial charge in [0.15, 0.2) is 0 Å². The molecule has 1 amide bonds. The summed E-state index contributed by atoms with van der Waals surface area (Å²) in [5.74, 6) is 0.663. The van der Waals surface area contributed by atoms with Crippen LogP contribution in [0.15, 0.2) is 66.1 Å². The van der Waals surface area contributed by atoms with Crippen LogP contribution in [-0.4, -0.2) is 36.4 Å². The molecule has 2 aromatic carbocycles. The smallest absolute Gasteiger partial charge is 0.244 e. The molecule has 156 valence electrons. The molecule has 0 saturated carbocycles. The zero-order valence-electron chi connectivity index (χ0n) is 17.5. The van der Waals surface area contributed by atoms with Gasteiger partial charge in [-0.05, 0) is 50.4 Å². The van der Waals surface area contributed by atoms with Crippen molar-refractivity contribution in [3.05, 3.63) is 87.9 Å². The highest BCUT2D eigenvalue weighted by atomic mass is 32.1. The summed E-state index contributed by atoms with van der Waals surface area (Å²) in [5.41, 5.74) is 3.05. The molecule has 1 aromatic heterocycles. The predicted octanol–water partition coefficient (Wildman–Crippen LogP) is 4.46. The lowest BCUT2D eigenvalue weighted by molar-refractivity contribution is -0.116. The molecule has 0 aliphatic rings. The van der Waals surface area contributed by atoms with E-state index in [0.717, 1.165) is 22.0 Å². The number of carbonyl (C=O) groups is 1. The van der Waals surface area contributed by atoms with E-state index in [9.17, 15) is 4.79 Å². The molecule has 6 heteroatoms. The summed E-state index contributed by atoms with van der Waals surface area (Å²) in [5, 5.41) is 6.03. The lowest BCUT2D eigenvalue weighted by atomic mass is 10.1. The normalized spacial score (nSPS) is 12.3. The van der Waals surface area contributed by atoms with Gasteiger partial charge in [0.1, 0.15) is 12.4 Å². The van der Waals surface area contributed by atoms with Crippen LogP contribution in [-0.2, 0) is 11.4 Å². The first-order valence-corrected chi connectivity index (χ1v) is 10.7. The highest BCUT2D eigenvalue weighted by Crippen LogP contribution is 2.17. The van der Waals surface area contributed by atoms with Crippen LogP contribution >= 0.6 is 11.3 Å². The van der Waals surface area contributed by atoms with Crippen molar-refractivity contribution < 1.29 is 9.53 Å². The van der Waals surface area contributed by atoms with E-state index in [1.165, 1.54) is 5.56 Å². The number of benzene rings is 2. The van der Waals surface area contributed by atoms with Crippen molar-refractivity contribution in [1.82, 2.24) is 15.2 Å². The SMILES string of the molecule is Cc1nc(COc2ccc(/C=C/C(=O)NCC(c3ccccc3)N(C)C)cc2)cs1. The second kappa shape index (κ2) is 10.7. The van der Waals surface area contributed by atoms with Gasteiger partial charge in [-0.15, -0.1) is 11.3 Å². The maximum atomic E-state index is 12.3. The second-order valence-electron chi connectivity index (χ2n) is 7.18. The third-order valence-electron chi connectivity index (χ3n) is 4.64. The molecule has 0 spiro atoms. The third-order valence-corrected chi connectivity index (χ3v) is 5.46. The van der Waals surface area contributed by atoms with E-state index >= 15 is 0 Å². The molecule has 3 rings (SSSR count). The van der Waals surface area contributed by atoms with Crippen LogP contribution in [0.1, 0.15) is 27.9 Å². The molecule has 1 heterocycles. The first-order valence-electron chi connectivity index (χ1n) is 9.82. The minimum atomic E-state index is -0.114. The van der Waals surface area contributed by atoms with E-state index in [1.807, 2.05) is 68.9 Å². The zero-order valence-corrected chi connectivity index (χ0v) is 18.4. The van der Waals surface area contributed by atoms with Gasteiger partial charge in [0.05, 0.1) is 16.7 Å². The van der Waals surface area contributed by atoms with E-state index in [4.69, 9.17) is 4.74 Å². The molecule has 30 heavy (non-hydrogen) atoms. The highest BCUT2D eigenvalue weighted by Gasteiger charge is 2.14. The van der Waals surface area contributed by atoms with Crippen molar-refractivity contribution in [1.29, 1.82) is 0 Å². The molecule has 3 aromatic rings. The molecular weight excluding hydrogens is 394 g/mol. The Balaban J connectivity index is 1.49. The van der Waals surface area contributed by atoms with Gasteiger partial charge in [-0.2, -0.15) is 0 Å². The lowest BCUT2D eigenvalue weighted by Crippen LogP contribution is -2.33. The van der Waals surface area contributed by atoms with E-state index in [0.29, 0.717) is 13.2 Å². The van der Waals surface area contributed by atoms with Crippen LogP contribution in [0.4, 0.5) is 0 Å². The van der Waals surface area contributed by atoms with E-state index in [-0.39, 0.29) is 11.9 Å². The van der Waals surface area contributed by atoms with E-state index in [1.54, 1.807) is 23.5 Å². The molecule has 0 radical (unpaired) electrons. The molecule has 5 nitrogen and oxygen atoms in total. The Hall–Kier alpha value is -2.96. The molecule has 1 unspecified atom stereocenters. The molecule has 0 aliphatic carbocycles. The van der Waals surface area contributed by atoms with Gasteiger partial charge in [-0.1, -0.05) is 42.5 Å². The van der Waals surface area contributed by atoms with Crippen LogP contribution in [0.5, 0.6) is 5.75 Å². The monoisotopic (exact) mass is 421 g/mol. The summed E-state index contributed by atoms with van der Waals surface area (Å²) in [6, 6.07) is 17.9. The van der Waals surface area contributed by atoms with Crippen LogP contribution in [0, 0.1) is 6.92 Å². The Morgan fingerprint density at radius 2 is 1.90 bits per heavy atom. The number of aryl methyl sites for hydroxylation is 1. The van der Waals surface area contributed by atoms with Crippen LogP contribution < -0.4 is 10.1 Å². The summed E-state index contributed by atoms with van der Waals surface area (Å²) >= 11 is 1.62. The number of nitrogens with one attached hydrogen (secondary N) is 1.